The Labute approximate surface area is 123 Å². The SMILES string of the molecule is CC(=O)c1cccc(Nc2ncc(Br)cc2C(=O)O)c1. The maximum Gasteiger partial charge on any atom is 0.339 e. The molecule has 0 unspecified atom stereocenters. The lowest BCUT2D eigenvalue weighted by Gasteiger charge is -2.09. The number of carbonyl (C=O) groups excluding carboxylic acids is 1. The molecule has 2 aromatic rings. The second kappa shape index (κ2) is 5.83. The first-order chi connectivity index (χ1) is 9.47. The summed E-state index contributed by atoms with van der Waals surface area (Å²) in [7, 11) is 0. The first-order valence-corrected chi connectivity index (χ1v) is 6.53. The number of hydrogen-bond acceptors (Lipinski definition) is 4. The number of Topliss-reactive ketones (excluding diaryl/α,β-unsaturated/α-hetero) is 1. The van der Waals surface area contributed by atoms with Crippen LogP contribution in [-0.4, -0.2) is 21.8 Å². The van der Waals surface area contributed by atoms with Gasteiger partial charge in [0, 0.05) is 21.9 Å². The van der Waals surface area contributed by atoms with Gasteiger partial charge in [-0.15, -0.1) is 0 Å². The van der Waals surface area contributed by atoms with Crippen molar-refractivity contribution in [3.05, 3.63) is 52.1 Å². The van der Waals surface area contributed by atoms with Crippen molar-refractivity contribution in [3.63, 3.8) is 0 Å². The highest BCUT2D eigenvalue weighted by molar-refractivity contribution is 9.10. The summed E-state index contributed by atoms with van der Waals surface area (Å²) >= 11 is 3.18. The summed E-state index contributed by atoms with van der Waals surface area (Å²) in [6.45, 7) is 1.47. The Morgan fingerprint density at radius 3 is 2.70 bits per heavy atom. The number of hydrogen-bond donors (Lipinski definition) is 2. The van der Waals surface area contributed by atoms with Crippen LogP contribution in [0.1, 0.15) is 27.6 Å². The first-order valence-electron chi connectivity index (χ1n) is 5.74. The van der Waals surface area contributed by atoms with Gasteiger partial charge in [0.1, 0.15) is 11.4 Å². The van der Waals surface area contributed by atoms with Crippen LogP contribution in [0, 0.1) is 0 Å². The molecule has 20 heavy (non-hydrogen) atoms. The zero-order valence-corrected chi connectivity index (χ0v) is 12.1. The number of ketones is 1. The summed E-state index contributed by atoms with van der Waals surface area (Å²) in [6, 6.07) is 8.27. The molecular formula is C14H11BrN2O3. The van der Waals surface area contributed by atoms with Gasteiger partial charge in [-0.1, -0.05) is 12.1 Å². The topological polar surface area (TPSA) is 79.3 Å². The van der Waals surface area contributed by atoms with Crippen molar-refractivity contribution in [2.75, 3.05) is 5.32 Å². The summed E-state index contributed by atoms with van der Waals surface area (Å²) in [5.74, 6) is -0.915. The summed E-state index contributed by atoms with van der Waals surface area (Å²) < 4.78 is 0.581. The molecular weight excluding hydrogens is 324 g/mol. The quantitative estimate of drug-likeness (QED) is 0.836. The lowest BCUT2D eigenvalue weighted by molar-refractivity contribution is 0.0697. The van der Waals surface area contributed by atoms with E-state index in [2.05, 4.69) is 26.2 Å². The molecule has 0 spiro atoms. The van der Waals surface area contributed by atoms with Crippen molar-refractivity contribution in [2.45, 2.75) is 6.92 Å². The Kier molecular flexibility index (Phi) is 4.14. The van der Waals surface area contributed by atoms with Crippen LogP contribution in [0.15, 0.2) is 41.0 Å². The average Bonchev–Trinajstić information content (AvgIpc) is 2.41. The number of rotatable bonds is 4. The van der Waals surface area contributed by atoms with Crippen molar-refractivity contribution < 1.29 is 14.7 Å². The highest BCUT2D eigenvalue weighted by atomic mass is 79.9. The summed E-state index contributed by atoms with van der Waals surface area (Å²) in [5, 5.41) is 12.1. The lowest BCUT2D eigenvalue weighted by atomic mass is 10.1. The molecule has 0 aliphatic rings. The molecule has 2 N–H and O–H groups in total. The van der Waals surface area contributed by atoms with Gasteiger partial charge in [-0.05, 0) is 41.1 Å². The number of carboxylic acid groups (broad SMARTS) is 1. The third-order valence-electron chi connectivity index (χ3n) is 2.62. The smallest absolute Gasteiger partial charge is 0.339 e. The third kappa shape index (κ3) is 3.21. The van der Waals surface area contributed by atoms with E-state index in [0.717, 1.165) is 0 Å². The Morgan fingerprint density at radius 2 is 2.05 bits per heavy atom. The molecule has 0 bridgehead atoms. The molecule has 1 aromatic carbocycles. The molecule has 0 fully saturated rings. The van der Waals surface area contributed by atoms with Crippen LogP contribution in [0.3, 0.4) is 0 Å². The Balaban J connectivity index is 2.37. The Hall–Kier alpha value is -2.21. The van der Waals surface area contributed by atoms with Gasteiger partial charge in [-0.3, -0.25) is 4.79 Å². The van der Waals surface area contributed by atoms with Gasteiger partial charge in [-0.2, -0.15) is 0 Å². The van der Waals surface area contributed by atoms with Gasteiger partial charge >= 0.3 is 5.97 Å². The fourth-order valence-electron chi connectivity index (χ4n) is 1.65. The van der Waals surface area contributed by atoms with Crippen LogP contribution in [0.25, 0.3) is 0 Å². The molecule has 0 saturated carbocycles. The van der Waals surface area contributed by atoms with Crippen molar-refractivity contribution in [1.29, 1.82) is 0 Å². The third-order valence-corrected chi connectivity index (χ3v) is 3.05. The molecule has 1 aromatic heterocycles. The van der Waals surface area contributed by atoms with Crippen LogP contribution in [0.2, 0.25) is 0 Å². The average molecular weight is 335 g/mol. The molecule has 2 rings (SSSR count). The number of aromatic carboxylic acids is 1. The van der Waals surface area contributed by atoms with Gasteiger partial charge in [0.05, 0.1) is 0 Å². The molecule has 0 saturated heterocycles. The number of carboxylic acids is 1. The van der Waals surface area contributed by atoms with Crippen LogP contribution in [0.5, 0.6) is 0 Å². The molecule has 1 heterocycles. The fourth-order valence-corrected chi connectivity index (χ4v) is 1.99. The highest BCUT2D eigenvalue weighted by Gasteiger charge is 2.12. The Morgan fingerprint density at radius 1 is 1.30 bits per heavy atom. The van der Waals surface area contributed by atoms with Crippen LogP contribution >= 0.6 is 15.9 Å². The van der Waals surface area contributed by atoms with Gasteiger partial charge in [0.15, 0.2) is 5.78 Å². The minimum absolute atomic E-state index is 0.0487. The van der Waals surface area contributed by atoms with Gasteiger partial charge in [0.2, 0.25) is 0 Å². The molecule has 5 nitrogen and oxygen atoms in total. The first kappa shape index (κ1) is 14.2. The molecule has 0 atom stereocenters. The van der Waals surface area contributed by atoms with Crippen molar-refractivity contribution >= 4 is 39.2 Å². The van der Waals surface area contributed by atoms with E-state index in [4.69, 9.17) is 5.11 Å². The van der Waals surface area contributed by atoms with E-state index in [1.54, 1.807) is 24.3 Å². The number of halogens is 1. The predicted octanol–water partition coefficient (Wildman–Crippen LogP) is 3.49. The van der Waals surface area contributed by atoms with E-state index in [9.17, 15) is 9.59 Å². The van der Waals surface area contributed by atoms with Crippen molar-refractivity contribution in [3.8, 4) is 0 Å². The lowest BCUT2D eigenvalue weighted by Crippen LogP contribution is -2.05. The highest BCUT2D eigenvalue weighted by Crippen LogP contribution is 2.22. The molecule has 102 valence electrons. The maximum absolute atomic E-state index is 11.3. The summed E-state index contributed by atoms with van der Waals surface area (Å²) in [6.07, 6.45) is 1.50. The maximum atomic E-state index is 11.3. The van der Waals surface area contributed by atoms with Gasteiger partial charge < -0.3 is 10.4 Å². The van der Waals surface area contributed by atoms with Crippen molar-refractivity contribution in [2.24, 2.45) is 0 Å². The minimum atomic E-state index is -1.08. The largest absolute Gasteiger partial charge is 0.478 e. The monoisotopic (exact) mass is 334 g/mol. The number of carbonyl (C=O) groups is 2. The molecule has 0 amide bonds. The van der Waals surface area contributed by atoms with Crippen LogP contribution < -0.4 is 5.32 Å². The zero-order valence-electron chi connectivity index (χ0n) is 10.6. The fraction of sp³-hybridized carbons (Fsp3) is 0.0714. The number of benzene rings is 1. The van der Waals surface area contributed by atoms with E-state index >= 15 is 0 Å². The summed E-state index contributed by atoms with van der Waals surface area (Å²) in [5.41, 5.74) is 1.20. The molecule has 0 radical (unpaired) electrons. The van der Waals surface area contributed by atoms with Crippen LogP contribution in [-0.2, 0) is 0 Å². The zero-order chi connectivity index (χ0) is 14.7. The standard InChI is InChI=1S/C14H11BrN2O3/c1-8(18)9-3-2-4-11(5-9)17-13-12(14(19)20)6-10(15)7-16-13/h2-7H,1H3,(H,16,17)(H,19,20). The van der Waals surface area contributed by atoms with E-state index in [0.29, 0.717) is 15.7 Å². The second-order valence-electron chi connectivity index (χ2n) is 4.12. The predicted molar refractivity (Wildman–Crippen MR) is 78.6 cm³/mol. The van der Waals surface area contributed by atoms with E-state index in [1.165, 1.54) is 19.2 Å². The number of aromatic nitrogens is 1. The van der Waals surface area contributed by atoms with E-state index < -0.39 is 5.97 Å². The van der Waals surface area contributed by atoms with Gasteiger partial charge in [-0.25, -0.2) is 9.78 Å². The molecule has 0 aliphatic heterocycles. The Bertz CT molecular complexity index is 686. The summed E-state index contributed by atoms with van der Waals surface area (Å²) in [4.78, 5) is 26.6. The number of nitrogens with zero attached hydrogens (tertiary/aromatic N) is 1. The van der Waals surface area contributed by atoms with Gasteiger partial charge in [0.25, 0.3) is 0 Å². The number of pyridine rings is 1. The number of anilines is 2. The minimum Gasteiger partial charge on any atom is -0.478 e. The molecule has 0 aliphatic carbocycles. The van der Waals surface area contributed by atoms with Crippen LogP contribution in [0.4, 0.5) is 11.5 Å². The van der Waals surface area contributed by atoms with E-state index in [-0.39, 0.29) is 17.2 Å². The normalized spacial score (nSPS) is 10.1. The number of nitrogens with one attached hydrogen (secondary N) is 1. The van der Waals surface area contributed by atoms with E-state index in [1.807, 2.05) is 0 Å². The second-order valence-corrected chi connectivity index (χ2v) is 5.03. The van der Waals surface area contributed by atoms with Crippen molar-refractivity contribution in [1.82, 2.24) is 4.98 Å². The molecule has 6 heteroatoms.